The first-order chi connectivity index (χ1) is 11.3. The molecule has 0 unspecified atom stereocenters. The second-order valence-electron chi connectivity index (χ2n) is 7.39. The smallest absolute Gasteiger partial charge is 0.410 e. The Kier molecular flexibility index (Phi) is 5.86. The number of ether oxygens (including phenoxy) is 2. The van der Waals surface area contributed by atoms with Gasteiger partial charge >= 0.3 is 12.1 Å². The summed E-state index contributed by atoms with van der Waals surface area (Å²) in [7, 11) is 0. The van der Waals surface area contributed by atoms with E-state index in [1.165, 1.54) is 0 Å². The van der Waals surface area contributed by atoms with Gasteiger partial charge in [-0.1, -0.05) is 37.3 Å². The molecular formula is C19H27NO4. The molecule has 1 aromatic carbocycles. The third kappa shape index (κ3) is 5.25. The molecule has 1 aliphatic rings. The molecule has 0 radical (unpaired) electrons. The molecule has 0 aliphatic carbocycles. The lowest BCUT2D eigenvalue weighted by molar-refractivity contribution is -0.153. The van der Waals surface area contributed by atoms with Crippen molar-refractivity contribution in [1.29, 1.82) is 0 Å². The van der Waals surface area contributed by atoms with Crippen molar-refractivity contribution < 1.29 is 19.1 Å². The first-order valence-electron chi connectivity index (χ1n) is 8.45. The molecule has 1 aliphatic heterocycles. The summed E-state index contributed by atoms with van der Waals surface area (Å²) in [5.74, 6) is -0.308. The molecule has 0 bridgehead atoms. The van der Waals surface area contributed by atoms with E-state index in [0.717, 1.165) is 5.56 Å². The van der Waals surface area contributed by atoms with Gasteiger partial charge in [-0.2, -0.15) is 0 Å². The lowest BCUT2D eigenvalue weighted by atomic mass is 9.87. The van der Waals surface area contributed by atoms with Crippen molar-refractivity contribution in [2.75, 3.05) is 13.1 Å². The summed E-state index contributed by atoms with van der Waals surface area (Å²) in [4.78, 5) is 26.1. The highest BCUT2D eigenvalue weighted by Gasteiger charge is 2.35. The summed E-state index contributed by atoms with van der Waals surface area (Å²) < 4.78 is 10.8. The highest BCUT2D eigenvalue weighted by atomic mass is 16.6. The van der Waals surface area contributed by atoms with Crippen molar-refractivity contribution in [2.24, 2.45) is 11.8 Å². The van der Waals surface area contributed by atoms with Gasteiger partial charge in [0.25, 0.3) is 0 Å². The summed E-state index contributed by atoms with van der Waals surface area (Å²) >= 11 is 0. The molecule has 5 nitrogen and oxygen atoms in total. The molecule has 2 rings (SSSR count). The van der Waals surface area contributed by atoms with Crippen molar-refractivity contribution >= 4 is 12.1 Å². The van der Waals surface area contributed by atoms with Crippen LogP contribution in [-0.2, 0) is 20.9 Å². The van der Waals surface area contributed by atoms with Crippen LogP contribution in [0.15, 0.2) is 30.3 Å². The average Bonchev–Trinajstić information content (AvgIpc) is 2.52. The van der Waals surface area contributed by atoms with E-state index in [9.17, 15) is 9.59 Å². The van der Waals surface area contributed by atoms with Gasteiger partial charge in [0.1, 0.15) is 12.2 Å². The maximum Gasteiger partial charge on any atom is 0.410 e. The summed E-state index contributed by atoms with van der Waals surface area (Å²) in [6.45, 7) is 8.85. The van der Waals surface area contributed by atoms with E-state index < -0.39 is 5.60 Å². The lowest BCUT2D eigenvalue weighted by Gasteiger charge is -2.36. The number of hydrogen-bond acceptors (Lipinski definition) is 4. The number of benzene rings is 1. The fraction of sp³-hybridized carbons (Fsp3) is 0.579. The quantitative estimate of drug-likeness (QED) is 0.793. The summed E-state index contributed by atoms with van der Waals surface area (Å²) in [5, 5.41) is 0. The Labute approximate surface area is 143 Å². The van der Waals surface area contributed by atoms with Gasteiger partial charge in [0.15, 0.2) is 0 Å². The molecule has 1 saturated heterocycles. The molecule has 0 N–H and O–H groups in total. The van der Waals surface area contributed by atoms with E-state index in [4.69, 9.17) is 9.47 Å². The van der Waals surface area contributed by atoms with Gasteiger partial charge in [0.2, 0.25) is 0 Å². The first-order valence-corrected chi connectivity index (χ1v) is 8.45. The van der Waals surface area contributed by atoms with Crippen molar-refractivity contribution in [3.8, 4) is 0 Å². The van der Waals surface area contributed by atoms with Crippen LogP contribution in [0.3, 0.4) is 0 Å². The van der Waals surface area contributed by atoms with Gasteiger partial charge in [-0.3, -0.25) is 4.79 Å². The van der Waals surface area contributed by atoms with E-state index in [0.29, 0.717) is 26.1 Å². The van der Waals surface area contributed by atoms with Crippen molar-refractivity contribution in [3.05, 3.63) is 35.9 Å². The van der Waals surface area contributed by atoms with Gasteiger partial charge in [-0.05, 0) is 38.7 Å². The Morgan fingerprint density at radius 1 is 1.21 bits per heavy atom. The average molecular weight is 333 g/mol. The van der Waals surface area contributed by atoms with Crippen LogP contribution >= 0.6 is 0 Å². The van der Waals surface area contributed by atoms with Crippen LogP contribution in [0.1, 0.15) is 39.7 Å². The molecule has 1 fully saturated rings. The molecule has 5 heteroatoms. The second kappa shape index (κ2) is 7.69. The number of likely N-dealkylation sites (tertiary alicyclic amines) is 1. The molecule has 0 spiro atoms. The second-order valence-corrected chi connectivity index (χ2v) is 7.39. The van der Waals surface area contributed by atoms with Gasteiger partial charge in [-0.25, -0.2) is 4.79 Å². The largest absolute Gasteiger partial charge is 0.461 e. The molecule has 1 heterocycles. The zero-order chi connectivity index (χ0) is 17.7. The Bertz CT molecular complexity index is 564. The fourth-order valence-electron chi connectivity index (χ4n) is 2.82. The van der Waals surface area contributed by atoms with Crippen LogP contribution in [0.25, 0.3) is 0 Å². The van der Waals surface area contributed by atoms with Gasteiger partial charge in [0.05, 0.1) is 5.92 Å². The SMILES string of the molecule is C[C@@H]1CN(C(=O)OC(C)(C)C)CC[C@H]1C(=O)OCc1ccccc1. The minimum absolute atomic E-state index is 0.0505. The van der Waals surface area contributed by atoms with Crippen molar-refractivity contribution in [1.82, 2.24) is 4.90 Å². The predicted molar refractivity (Wildman–Crippen MR) is 91.3 cm³/mol. The van der Waals surface area contributed by atoms with Crippen LogP contribution in [0.2, 0.25) is 0 Å². The van der Waals surface area contributed by atoms with Crippen LogP contribution in [-0.4, -0.2) is 35.7 Å². The summed E-state index contributed by atoms with van der Waals surface area (Å²) in [5.41, 5.74) is 0.468. The van der Waals surface area contributed by atoms with Crippen molar-refractivity contribution in [3.63, 3.8) is 0 Å². The van der Waals surface area contributed by atoms with E-state index in [1.807, 2.05) is 58.0 Å². The molecule has 1 aromatic rings. The number of rotatable bonds is 3. The van der Waals surface area contributed by atoms with Crippen LogP contribution < -0.4 is 0 Å². The zero-order valence-corrected chi connectivity index (χ0v) is 15.0. The highest BCUT2D eigenvalue weighted by Crippen LogP contribution is 2.26. The summed E-state index contributed by atoms with van der Waals surface area (Å²) in [6.07, 6.45) is 0.291. The van der Waals surface area contributed by atoms with Crippen LogP contribution in [0.5, 0.6) is 0 Å². The predicted octanol–water partition coefficient (Wildman–Crippen LogP) is 3.62. The monoisotopic (exact) mass is 333 g/mol. The number of amides is 1. The maximum absolute atomic E-state index is 12.3. The van der Waals surface area contributed by atoms with E-state index in [-0.39, 0.29) is 23.9 Å². The fourth-order valence-corrected chi connectivity index (χ4v) is 2.82. The molecular weight excluding hydrogens is 306 g/mol. The molecule has 0 saturated carbocycles. The maximum atomic E-state index is 12.3. The van der Waals surface area contributed by atoms with Gasteiger partial charge in [-0.15, -0.1) is 0 Å². The Morgan fingerprint density at radius 3 is 2.46 bits per heavy atom. The van der Waals surface area contributed by atoms with Crippen molar-refractivity contribution in [2.45, 2.75) is 46.3 Å². The van der Waals surface area contributed by atoms with Gasteiger partial charge in [0, 0.05) is 13.1 Å². The molecule has 24 heavy (non-hydrogen) atoms. The molecule has 132 valence electrons. The third-order valence-corrected chi connectivity index (χ3v) is 4.08. The Hall–Kier alpha value is -2.04. The summed E-state index contributed by atoms with van der Waals surface area (Å²) in [6, 6.07) is 9.64. The van der Waals surface area contributed by atoms with Gasteiger partial charge < -0.3 is 14.4 Å². The third-order valence-electron chi connectivity index (χ3n) is 4.08. The Morgan fingerprint density at radius 2 is 1.88 bits per heavy atom. The molecule has 0 aromatic heterocycles. The normalized spacial score (nSPS) is 21.2. The number of carbonyl (C=O) groups excluding carboxylic acids is 2. The molecule has 1 amide bonds. The minimum atomic E-state index is -0.508. The topological polar surface area (TPSA) is 55.8 Å². The van der Waals surface area contributed by atoms with Crippen LogP contribution in [0, 0.1) is 11.8 Å². The minimum Gasteiger partial charge on any atom is -0.461 e. The number of esters is 1. The standard InChI is InChI=1S/C19H27NO4/c1-14-12-20(18(22)24-19(2,3)4)11-10-16(14)17(21)23-13-15-8-6-5-7-9-15/h5-9,14,16H,10-13H2,1-4H3/t14-,16-/m1/s1. The number of piperidine rings is 1. The number of carbonyl (C=O) groups is 2. The number of hydrogen-bond donors (Lipinski definition) is 0. The van der Waals surface area contributed by atoms with E-state index >= 15 is 0 Å². The number of nitrogens with zero attached hydrogens (tertiary/aromatic N) is 1. The van der Waals surface area contributed by atoms with Crippen LogP contribution in [0.4, 0.5) is 4.79 Å². The highest BCUT2D eigenvalue weighted by molar-refractivity contribution is 5.74. The van der Waals surface area contributed by atoms with E-state index in [1.54, 1.807) is 4.90 Å². The Balaban J connectivity index is 1.84. The lowest BCUT2D eigenvalue weighted by Crippen LogP contribution is -2.47. The first kappa shape index (κ1) is 18.3. The van der Waals surface area contributed by atoms with E-state index in [2.05, 4.69) is 0 Å². The zero-order valence-electron chi connectivity index (χ0n) is 15.0. The molecule has 2 atom stereocenters.